The molecule has 11 heteroatoms. The minimum atomic E-state index is -1.00. The van der Waals surface area contributed by atoms with Crippen LogP contribution in [0.5, 0.6) is 0 Å². The Kier molecular flexibility index (Phi) is 9.01. The molecule has 240 valence electrons. The molecular formula is C35H37N3O8. The Morgan fingerprint density at radius 3 is 1.80 bits per heavy atom. The third-order valence-corrected chi connectivity index (χ3v) is 8.00. The summed E-state index contributed by atoms with van der Waals surface area (Å²) in [5, 5.41) is 8.16. The van der Waals surface area contributed by atoms with Crippen LogP contribution in [0.4, 0.5) is 0 Å². The summed E-state index contributed by atoms with van der Waals surface area (Å²) in [4.78, 5) is 25.9. The van der Waals surface area contributed by atoms with Crippen LogP contribution in [0.15, 0.2) is 91.0 Å². The molecule has 0 aliphatic carbocycles. The van der Waals surface area contributed by atoms with Crippen LogP contribution in [0.2, 0.25) is 0 Å². The highest BCUT2D eigenvalue weighted by molar-refractivity contribution is 6.00. The van der Waals surface area contributed by atoms with Gasteiger partial charge in [0.25, 0.3) is 0 Å². The highest BCUT2D eigenvalue weighted by Gasteiger charge is 2.58. The number of fused-ring (bicyclic) bond motifs is 1. The summed E-state index contributed by atoms with van der Waals surface area (Å²) in [6.45, 7) is 7.18. The molecule has 46 heavy (non-hydrogen) atoms. The zero-order chi connectivity index (χ0) is 32.3. The zero-order valence-electron chi connectivity index (χ0n) is 26.2. The summed E-state index contributed by atoms with van der Waals surface area (Å²) in [5.41, 5.74) is 1.34. The van der Waals surface area contributed by atoms with Crippen molar-refractivity contribution in [2.75, 3.05) is 19.8 Å². The molecule has 4 atom stereocenters. The van der Waals surface area contributed by atoms with Gasteiger partial charge in [-0.3, -0.25) is 0 Å². The first-order valence-corrected chi connectivity index (χ1v) is 15.4. The first-order valence-electron chi connectivity index (χ1n) is 15.4. The maximum absolute atomic E-state index is 13.2. The van der Waals surface area contributed by atoms with Crippen molar-refractivity contribution in [3.63, 3.8) is 0 Å². The van der Waals surface area contributed by atoms with E-state index >= 15 is 0 Å². The smallest absolute Gasteiger partial charge is 0.361 e. The van der Waals surface area contributed by atoms with E-state index in [-0.39, 0.29) is 31.2 Å². The van der Waals surface area contributed by atoms with Gasteiger partial charge < -0.3 is 28.4 Å². The van der Waals surface area contributed by atoms with Crippen molar-refractivity contribution in [3.8, 4) is 0 Å². The molecular weight excluding hydrogens is 590 g/mol. The number of aromatic nitrogens is 3. The Morgan fingerprint density at radius 2 is 1.28 bits per heavy atom. The Bertz CT molecular complexity index is 1550. The summed E-state index contributed by atoms with van der Waals surface area (Å²) in [6, 6.07) is 30.0. The maximum Gasteiger partial charge on any atom is 0.361 e. The molecule has 4 aromatic rings. The van der Waals surface area contributed by atoms with Crippen LogP contribution in [0.25, 0.3) is 0 Å². The van der Waals surface area contributed by atoms with Gasteiger partial charge in [0, 0.05) is 0 Å². The summed E-state index contributed by atoms with van der Waals surface area (Å²) >= 11 is 0. The van der Waals surface area contributed by atoms with Gasteiger partial charge in [-0.15, -0.1) is 5.10 Å². The number of benzene rings is 3. The quantitative estimate of drug-likeness (QED) is 0.165. The normalized spacial score (nSPS) is 21.9. The average molecular weight is 628 g/mol. The van der Waals surface area contributed by atoms with E-state index in [4.69, 9.17) is 28.4 Å². The predicted molar refractivity (Wildman–Crippen MR) is 165 cm³/mol. The van der Waals surface area contributed by atoms with Crippen molar-refractivity contribution in [1.82, 2.24) is 15.0 Å². The number of nitrogens with zero attached hydrogens (tertiary/aromatic N) is 3. The van der Waals surface area contributed by atoms with E-state index in [0.717, 1.165) is 16.7 Å². The van der Waals surface area contributed by atoms with Crippen LogP contribution < -0.4 is 0 Å². The van der Waals surface area contributed by atoms with Gasteiger partial charge in [-0.2, -0.15) is 0 Å². The lowest BCUT2D eigenvalue weighted by atomic mass is 9.80. The lowest BCUT2D eigenvalue weighted by molar-refractivity contribution is -0.207. The second-order valence-corrected chi connectivity index (χ2v) is 11.4. The van der Waals surface area contributed by atoms with Gasteiger partial charge in [0.1, 0.15) is 23.9 Å². The van der Waals surface area contributed by atoms with E-state index in [1.54, 1.807) is 27.7 Å². The Hall–Kier alpha value is -4.42. The number of ether oxygens (including phenoxy) is 6. The Labute approximate surface area is 267 Å². The van der Waals surface area contributed by atoms with Gasteiger partial charge in [-0.25, -0.2) is 14.3 Å². The maximum atomic E-state index is 13.2. The van der Waals surface area contributed by atoms with Gasteiger partial charge in [0.05, 0.1) is 19.8 Å². The number of hydrogen-bond acceptors (Lipinski definition) is 10. The van der Waals surface area contributed by atoms with E-state index < -0.39 is 47.9 Å². The summed E-state index contributed by atoms with van der Waals surface area (Å²) in [5.74, 6) is -2.56. The molecule has 3 aromatic carbocycles. The lowest BCUT2D eigenvalue weighted by Gasteiger charge is -2.37. The molecule has 0 amide bonds. The first-order chi connectivity index (χ1) is 22.3. The molecule has 1 aromatic heterocycles. The third kappa shape index (κ3) is 5.82. The second kappa shape index (κ2) is 13.1. The fraction of sp³-hybridized carbons (Fsp3) is 0.371. The number of rotatable bonds is 11. The molecule has 2 saturated heterocycles. The molecule has 3 heterocycles. The van der Waals surface area contributed by atoms with Gasteiger partial charge in [-0.1, -0.05) is 96.2 Å². The molecule has 2 fully saturated rings. The highest BCUT2D eigenvalue weighted by atomic mass is 16.8. The zero-order valence-corrected chi connectivity index (χ0v) is 26.2. The van der Waals surface area contributed by atoms with E-state index in [0.29, 0.717) is 0 Å². The first kappa shape index (κ1) is 31.6. The molecule has 2 aliphatic rings. The molecule has 0 N–H and O–H groups in total. The van der Waals surface area contributed by atoms with E-state index in [2.05, 4.69) is 10.3 Å². The lowest BCUT2D eigenvalue weighted by Crippen LogP contribution is -2.39. The molecule has 6 rings (SSSR count). The second-order valence-electron chi connectivity index (χ2n) is 11.4. The molecule has 0 saturated carbocycles. The number of carbonyl (C=O) groups excluding carboxylic acids is 2. The highest BCUT2D eigenvalue weighted by Crippen LogP contribution is 2.46. The Balaban J connectivity index is 1.40. The minimum Gasteiger partial charge on any atom is -0.461 e. The molecule has 0 unspecified atom stereocenters. The monoisotopic (exact) mass is 627 g/mol. The molecule has 2 aliphatic heterocycles. The fourth-order valence-corrected chi connectivity index (χ4v) is 6.16. The van der Waals surface area contributed by atoms with Crippen LogP contribution in [0, 0.1) is 0 Å². The average Bonchev–Trinajstić information content (AvgIpc) is 3.74. The van der Waals surface area contributed by atoms with E-state index in [1.165, 1.54) is 4.68 Å². The SMILES string of the molecule is CCOC(=O)c1nnn([C@H]2O[C@H](COC(c3ccccc3)(c3ccccc3)c3ccccc3)[C@H]3OC(C)(C)O[C@H]32)c1C(=O)OCC. The fourth-order valence-electron chi connectivity index (χ4n) is 6.16. The van der Waals surface area contributed by atoms with Crippen molar-refractivity contribution in [2.24, 2.45) is 0 Å². The molecule has 11 nitrogen and oxygen atoms in total. The van der Waals surface area contributed by atoms with Crippen molar-refractivity contribution in [3.05, 3.63) is 119 Å². The minimum absolute atomic E-state index is 0.0734. The van der Waals surface area contributed by atoms with Crippen LogP contribution in [0.1, 0.15) is 71.6 Å². The van der Waals surface area contributed by atoms with Gasteiger partial charge >= 0.3 is 11.9 Å². The Morgan fingerprint density at radius 1 is 0.783 bits per heavy atom. The van der Waals surface area contributed by atoms with Crippen LogP contribution in [0.3, 0.4) is 0 Å². The van der Waals surface area contributed by atoms with Crippen LogP contribution in [-0.2, 0) is 34.0 Å². The van der Waals surface area contributed by atoms with Gasteiger partial charge in [-0.05, 0) is 44.4 Å². The van der Waals surface area contributed by atoms with Crippen LogP contribution in [-0.4, -0.2) is 70.9 Å². The third-order valence-electron chi connectivity index (χ3n) is 8.00. The van der Waals surface area contributed by atoms with Crippen molar-refractivity contribution >= 4 is 11.9 Å². The number of carbonyl (C=O) groups is 2. The molecule has 0 radical (unpaired) electrons. The number of esters is 2. The number of hydrogen-bond donors (Lipinski definition) is 0. The summed E-state index contributed by atoms with van der Waals surface area (Å²) < 4.78 is 37.9. The van der Waals surface area contributed by atoms with E-state index in [1.807, 2.05) is 91.0 Å². The largest absolute Gasteiger partial charge is 0.461 e. The van der Waals surface area contributed by atoms with E-state index in [9.17, 15) is 9.59 Å². The van der Waals surface area contributed by atoms with Gasteiger partial charge in [0.15, 0.2) is 17.7 Å². The van der Waals surface area contributed by atoms with Crippen LogP contribution >= 0.6 is 0 Å². The van der Waals surface area contributed by atoms with Crippen molar-refractivity contribution in [1.29, 1.82) is 0 Å². The molecule has 0 bridgehead atoms. The standard InChI is InChI=1S/C35H37N3O8/c1-5-41-32(39)27-28(33(40)42-6-2)38(37-36-27)31-30-29(45-34(3,4)46-30)26(44-31)22-43-35(23-16-10-7-11-17-23,24-18-12-8-13-19-24)25-20-14-9-15-21-25/h7-21,26,29-31H,5-6,22H2,1-4H3/t26-,29-,30-,31+/m1/s1. The van der Waals surface area contributed by atoms with Gasteiger partial charge in [0.2, 0.25) is 5.69 Å². The predicted octanol–water partition coefficient (Wildman–Crippen LogP) is 5.06. The van der Waals surface area contributed by atoms with Crippen molar-refractivity contribution in [2.45, 2.75) is 63.6 Å². The topological polar surface area (TPSA) is 120 Å². The van der Waals surface area contributed by atoms with Crippen molar-refractivity contribution < 1.29 is 38.0 Å². The summed E-state index contributed by atoms with van der Waals surface area (Å²) in [6.07, 6.45) is -2.98. The molecule has 0 spiro atoms. The summed E-state index contributed by atoms with van der Waals surface area (Å²) in [7, 11) is 0.